The molecule has 1 heterocycles. The predicted octanol–water partition coefficient (Wildman–Crippen LogP) is 1.02. The largest absolute Gasteiger partial charge is 0.345 e. The Morgan fingerprint density at radius 3 is 2.38 bits per heavy atom. The summed E-state index contributed by atoms with van der Waals surface area (Å²) in [6.07, 6.45) is 0.740. The molecule has 1 saturated heterocycles. The summed E-state index contributed by atoms with van der Waals surface area (Å²) in [5.74, 6) is 0.841. The Morgan fingerprint density at radius 1 is 1.25 bits per heavy atom. The van der Waals surface area contributed by atoms with Crippen LogP contribution < -0.4 is 5.32 Å². The SMILES string of the molecule is CC(C)CC1C(=O)NCC(=O)N1CC(C)C. The van der Waals surface area contributed by atoms with E-state index in [0.717, 1.165) is 6.42 Å². The van der Waals surface area contributed by atoms with Crippen LogP contribution in [-0.4, -0.2) is 35.8 Å². The molecule has 1 aliphatic rings. The van der Waals surface area contributed by atoms with Crippen molar-refractivity contribution in [1.82, 2.24) is 10.2 Å². The first-order valence-electron chi connectivity index (χ1n) is 5.99. The number of nitrogens with zero attached hydrogens (tertiary/aromatic N) is 1. The minimum absolute atomic E-state index is 0.00560. The zero-order valence-electron chi connectivity index (χ0n) is 10.6. The van der Waals surface area contributed by atoms with Gasteiger partial charge in [0.05, 0.1) is 6.54 Å². The van der Waals surface area contributed by atoms with Crippen LogP contribution in [0.5, 0.6) is 0 Å². The van der Waals surface area contributed by atoms with Crippen molar-refractivity contribution in [3.63, 3.8) is 0 Å². The van der Waals surface area contributed by atoms with Crippen LogP contribution in [0.1, 0.15) is 34.1 Å². The number of rotatable bonds is 4. The van der Waals surface area contributed by atoms with E-state index in [1.807, 2.05) is 0 Å². The molecule has 1 atom stereocenters. The molecule has 0 radical (unpaired) electrons. The number of carbonyl (C=O) groups excluding carboxylic acids is 2. The molecule has 0 aliphatic carbocycles. The van der Waals surface area contributed by atoms with E-state index in [1.54, 1.807) is 4.90 Å². The number of hydrogen-bond acceptors (Lipinski definition) is 2. The van der Waals surface area contributed by atoms with Crippen LogP contribution in [0, 0.1) is 11.8 Å². The third-order valence-electron chi connectivity index (χ3n) is 2.67. The fourth-order valence-electron chi connectivity index (χ4n) is 2.00. The topological polar surface area (TPSA) is 49.4 Å². The highest BCUT2D eigenvalue weighted by molar-refractivity contribution is 5.94. The fourth-order valence-corrected chi connectivity index (χ4v) is 2.00. The van der Waals surface area contributed by atoms with Crippen LogP contribution >= 0.6 is 0 Å². The molecule has 16 heavy (non-hydrogen) atoms. The van der Waals surface area contributed by atoms with E-state index in [2.05, 4.69) is 33.0 Å². The van der Waals surface area contributed by atoms with Gasteiger partial charge < -0.3 is 10.2 Å². The van der Waals surface area contributed by atoms with Crippen LogP contribution in [0.3, 0.4) is 0 Å². The molecule has 1 fully saturated rings. The van der Waals surface area contributed by atoms with E-state index in [9.17, 15) is 9.59 Å². The Hall–Kier alpha value is -1.06. The maximum absolute atomic E-state index is 11.8. The third kappa shape index (κ3) is 3.22. The van der Waals surface area contributed by atoms with Crippen molar-refractivity contribution in [3.05, 3.63) is 0 Å². The Balaban J connectivity index is 2.77. The van der Waals surface area contributed by atoms with Crippen molar-refractivity contribution in [2.24, 2.45) is 11.8 Å². The van der Waals surface area contributed by atoms with Crippen molar-refractivity contribution in [1.29, 1.82) is 0 Å². The Kier molecular flexibility index (Phi) is 4.33. The zero-order valence-corrected chi connectivity index (χ0v) is 10.6. The number of nitrogens with one attached hydrogen (secondary N) is 1. The normalized spacial score (nSPS) is 21.9. The van der Waals surface area contributed by atoms with Gasteiger partial charge in [-0.25, -0.2) is 0 Å². The summed E-state index contributed by atoms with van der Waals surface area (Å²) in [6.45, 7) is 9.09. The maximum atomic E-state index is 11.8. The number of piperazine rings is 1. The standard InChI is InChI=1S/C12H22N2O2/c1-8(2)5-10-12(16)13-6-11(15)14(10)7-9(3)4/h8-10H,5-7H2,1-4H3,(H,13,16). The summed E-state index contributed by atoms with van der Waals surface area (Å²) in [4.78, 5) is 25.3. The first-order chi connectivity index (χ1) is 7.41. The monoisotopic (exact) mass is 226 g/mol. The van der Waals surface area contributed by atoms with E-state index in [4.69, 9.17) is 0 Å². The van der Waals surface area contributed by atoms with E-state index in [0.29, 0.717) is 18.4 Å². The molecular weight excluding hydrogens is 204 g/mol. The van der Waals surface area contributed by atoms with Gasteiger partial charge in [0, 0.05) is 6.54 Å². The van der Waals surface area contributed by atoms with Crippen molar-refractivity contribution in [2.75, 3.05) is 13.1 Å². The minimum atomic E-state index is -0.274. The van der Waals surface area contributed by atoms with Crippen LogP contribution in [0.15, 0.2) is 0 Å². The molecular formula is C12H22N2O2. The lowest BCUT2D eigenvalue weighted by Crippen LogP contribution is -2.59. The van der Waals surface area contributed by atoms with Gasteiger partial charge in [-0.15, -0.1) is 0 Å². The van der Waals surface area contributed by atoms with E-state index in [1.165, 1.54) is 0 Å². The lowest BCUT2D eigenvalue weighted by Gasteiger charge is -2.36. The summed E-state index contributed by atoms with van der Waals surface area (Å²) >= 11 is 0. The highest BCUT2D eigenvalue weighted by Gasteiger charge is 2.34. The summed E-state index contributed by atoms with van der Waals surface area (Å²) in [7, 11) is 0. The van der Waals surface area contributed by atoms with Crippen molar-refractivity contribution in [3.8, 4) is 0 Å². The smallest absolute Gasteiger partial charge is 0.243 e. The summed E-state index contributed by atoms with van der Waals surface area (Å²) in [6, 6.07) is -0.274. The first kappa shape index (κ1) is 13.0. The van der Waals surface area contributed by atoms with Crippen LogP contribution in [0.2, 0.25) is 0 Å². The average Bonchev–Trinajstić information content (AvgIpc) is 2.16. The van der Waals surface area contributed by atoms with Gasteiger partial charge in [-0.05, 0) is 18.3 Å². The second kappa shape index (κ2) is 5.32. The molecule has 92 valence electrons. The molecule has 0 bridgehead atoms. The Labute approximate surface area is 97.4 Å². The van der Waals surface area contributed by atoms with Crippen LogP contribution in [-0.2, 0) is 9.59 Å². The summed E-state index contributed by atoms with van der Waals surface area (Å²) in [5, 5.41) is 2.66. The fraction of sp³-hybridized carbons (Fsp3) is 0.833. The third-order valence-corrected chi connectivity index (χ3v) is 2.67. The molecule has 1 aliphatic heterocycles. The molecule has 1 N–H and O–H groups in total. The summed E-state index contributed by atoms with van der Waals surface area (Å²) in [5.41, 5.74) is 0. The van der Waals surface area contributed by atoms with Crippen LogP contribution in [0.25, 0.3) is 0 Å². The maximum Gasteiger partial charge on any atom is 0.243 e. The molecule has 1 rings (SSSR count). The van der Waals surface area contributed by atoms with Gasteiger partial charge in [0.2, 0.25) is 11.8 Å². The van der Waals surface area contributed by atoms with E-state index >= 15 is 0 Å². The molecule has 0 aromatic heterocycles. The quantitative estimate of drug-likeness (QED) is 0.778. The number of carbonyl (C=O) groups is 2. The molecule has 4 heteroatoms. The second-order valence-electron chi connectivity index (χ2n) is 5.30. The van der Waals surface area contributed by atoms with Crippen LogP contribution in [0.4, 0.5) is 0 Å². The van der Waals surface area contributed by atoms with Gasteiger partial charge in [-0.3, -0.25) is 9.59 Å². The second-order valence-corrected chi connectivity index (χ2v) is 5.30. The molecule has 0 aromatic carbocycles. The zero-order chi connectivity index (χ0) is 12.3. The lowest BCUT2D eigenvalue weighted by atomic mass is 9.99. The highest BCUT2D eigenvalue weighted by Crippen LogP contribution is 2.16. The molecule has 0 spiro atoms. The van der Waals surface area contributed by atoms with E-state index in [-0.39, 0.29) is 24.4 Å². The first-order valence-corrected chi connectivity index (χ1v) is 5.99. The average molecular weight is 226 g/mol. The molecule has 2 amide bonds. The van der Waals surface area contributed by atoms with E-state index < -0.39 is 0 Å². The molecule has 1 unspecified atom stereocenters. The van der Waals surface area contributed by atoms with Gasteiger partial charge in [0.25, 0.3) is 0 Å². The minimum Gasteiger partial charge on any atom is -0.345 e. The Morgan fingerprint density at radius 2 is 1.88 bits per heavy atom. The van der Waals surface area contributed by atoms with Gasteiger partial charge in [-0.1, -0.05) is 27.7 Å². The lowest BCUT2D eigenvalue weighted by molar-refractivity contribution is -0.146. The predicted molar refractivity (Wildman–Crippen MR) is 62.8 cm³/mol. The number of hydrogen-bond donors (Lipinski definition) is 1. The van der Waals surface area contributed by atoms with Gasteiger partial charge in [0.15, 0.2) is 0 Å². The van der Waals surface area contributed by atoms with Gasteiger partial charge in [0.1, 0.15) is 6.04 Å². The number of amides is 2. The van der Waals surface area contributed by atoms with Gasteiger partial charge in [-0.2, -0.15) is 0 Å². The van der Waals surface area contributed by atoms with Crippen molar-refractivity contribution in [2.45, 2.75) is 40.2 Å². The molecule has 0 aromatic rings. The highest BCUT2D eigenvalue weighted by atomic mass is 16.2. The molecule has 4 nitrogen and oxygen atoms in total. The van der Waals surface area contributed by atoms with Gasteiger partial charge >= 0.3 is 0 Å². The molecule has 0 saturated carbocycles. The Bertz CT molecular complexity index is 246. The summed E-state index contributed by atoms with van der Waals surface area (Å²) < 4.78 is 0. The van der Waals surface area contributed by atoms with Crippen molar-refractivity contribution >= 4 is 11.8 Å². The van der Waals surface area contributed by atoms with Crippen molar-refractivity contribution < 1.29 is 9.59 Å².